The van der Waals surface area contributed by atoms with Crippen LogP contribution in [0.5, 0.6) is 11.5 Å². The molecule has 48 heavy (non-hydrogen) atoms. The van der Waals surface area contributed by atoms with Gasteiger partial charge in [0, 0.05) is 23.9 Å². The summed E-state index contributed by atoms with van der Waals surface area (Å²) in [4.78, 5) is 56.5. The Morgan fingerprint density at radius 2 is 1.79 bits per heavy atom. The van der Waals surface area contributed by atoms with Crippen molar-refractivity contribution < 1.29 is 33.4 Å². The first-order valence-corrected chi connectivity index (χ1v) is 17.6. The number of fused-ring (bicyclic) bond motifs is 3. The normalized spacial score (nSPS) is 26.1. The predicted molar refractivity (Wildman–Crippen MR) is 180 cm³/mol. The zero-order chi connectivity index (χ0) is 33.7. The van der Waals surface area contributed by atoms with Crippen molar-refractivity contribution in [2.24, 2.45) is 5.92 Å². The number of carbonyl (C=O) groups excluding carboxylic acids is 4. The fraction of sp³-hybridized carbons (Fsp3) is 0.514. The average Bonchev–Trinajstić information content (AvgIpc) is 3.51. The number of esters is 1. The molecule has 2 N–H and O–H groups in total. The number of nitrogens with one attached hydrogen (secondary N) is 2. The van der Waals surface area contributed by atoms with Crippen LogP contribution in [-0.2, 0) is 36.8 Å². The van der Waals surface area contributed by atoms with Gasteiger partial charge in [-0.15, -0.1) is 0 Å². The van der Waals surface area contributed by atoms with E-state index in [-0.39, 0.29) is 37.5 Å². The lowest BCUT2D eigenvalue weighted by molar-refractivity contribution is -0.151. The molecular formula is C37H44ClN3O7. The zero-order valence-corrected chi connectivity index (χ0v) is 28.1. The molecule has 256 valence electrons. The highest BCUT2D eigenvalue weighted by atomic mass is 35.5. The monoisotopic (exact) mass is 677 g/mol. The van der Waals surface area contributed by atoms with E-state index in [1.807, 2.05) is 24.3 Å². The second-order valence-corrected chi connectivity index (χ2v) is 13.7. The summed E-state index contributed by atoms with van der Waals surface area (Å²) in [5.74, 6) is -0.321. The Labute approximate surface area is 286 Å². The summed E-state index contributed by atoms with van der Waals surface area (Å²) in [7, 11) is 0. The standard InChI is InChI=1S/C37H44ClN3O7/c1-2-46-35(44)37-22-26(37)11-6-4-3-5-7-16-31(39-36(45)48-28-13-8-9-14-28)34(43)41-23-24-17-18-30(47-29-15-10-12-27(38)21-29)19-25(24)20-32(41)33(42)40-37/h6,10-12,15,17-19,21,26,28,31-32H,2-5,7-9,13-14,16,20,22-23H2,1H3,(H,39,45)(H,40,42)/t26-,31+,32?,37-/m1/s1. The van der Waals surface area contributed by atoms with Crippen molar-refractivity contribution in [3.05, 3.63) is 70.8 Å². The molecule has 2 heterocycles. The number of hydrogen-bond acceptors (Lipinski definition) is 7. The quantitative estimate of drug-likeness (QED) is 0.269. The molecule has 0 aromatic heterocycles. The molecule has 4 atom stereocenters. The first-order chi connectivity index (χ1) is 23.3. The van der Waals surface area contributed by atoms with E-state index in [1.54, 1.807) is 36.1 Å². The van der Waals surface area contributed by atoms with Gasteiger partial charge in [-0.05, 0) is 99.7 Å². The Balaban J connectivity index is 1.30. The summed E-state index contributed by atoms with van der Waals surface area (Å²) in [6, 6.07) is 10.9. The number of halogens is 1. The van der Waals surface area contributed by atoms with Crippen molar-refractivity contribution in [2.45, 2.75) is 108 Å². The predicted octanol–water partition coefficient (Wildman–Crippen LogP) is 6.38. The van der Waals surface area contributed by atoms with Crippen LogP contribution in [0.25, 0.3) is 0 Å². The number of alkyl carbamates (subject to hydrolysis) is 1. The molecule has 4 aliphatic rings. The van der Waals surface area contributed by atoms with E-state index in [0.717, 1.165) is 62.5 Å². The third-order valence-corrected chi connectivity index (χ3v) is 10.1. The van der Waals surface area contributed by atoms with Gasteiger partial charge in [0.05, 0.1) is 6.61 Å². The van der Waals surface area contributed by atoms with Gasteiger partial charge in [-0.3, -0.25) is 9.59 Å². The first-order valence-electron chi connectivity index (χ1n) is 17.2. The number of carbonyl (C=O) groups is 4. The molecule has 0 spiro atoms. The molecule has 6 rings (SSSR count). The second kappa shape index (κ2) is 15.0. The Morgan fingerprint density at radius 3 is 2.58 bits per heavy atom. The van der Waals surface area contributed by atoms with Crippen LogP contribution in [0.3, 0.4) is 0 Å². The van der Waals surface area contributed by atoms with E-state index in [1.165, 1.54) is 0 Å². The van der Waals surface area contributed by atoms with Crippen molar-refractivity contribution in [2.75, 3.05) is 6.61 Å². The van der Waals surface area contributed by atoms with Crippen LogP contribution in [0.15, 0.2) is 54.6 Å². The largest absolute Gasteiger partial charge is 0.464 e. The van der Waals surface area contributed by atoms with Crippen LogP contribution in [0, 0.1) is 5.92 Å². The minimum Gasteiger partial charge on any atom is -0.464 e. The molecule has 10 nitrogen and oxygen atoms in total. The Bertz CT molecular complexity index is 1560. The molecule has 2 aliphatic carbocycles. The average molecular weight is 678 g/mol. The van der Waals surface area contributed by atoms with Crippen molar-refractivity contribution in [1.29, 1.82) is 0 Å². The van der Waals surface area contributed by atoms with E-state index >= 15 is 0 Å². The van der Waals surface area contributed by atoms with E-state index in [4.69, 9.17) is 25.8 Å². The molecule has 2 fully saturated rings. The van der Waals surface area contributed by atoms with Crippen LogP contribution in [-0.4, -0.2) is 59.1 Å². The Morgan fingerprint density at radius 1 is 1.00 bits per heavy atom. The van der Waals surface area contributed by atoms with E-state index in [9.17, 15) is 19.2 Å². The molecule has 0 radical (unpaired) electrons. The molecule has 0 bridgehead atoms. The molecule has 2 saturated carbocycles. The maximum absolute atomic E-state index is 14.4. The highest BCUT2D eigenvalue weighted by molar-refractivity contribution is 6.30. The summed E-state index contributed by atoms with van der Waals surface area (Å²) in [5.41, 5.74) is 0.529. The molecule has 2 aromatic carbocycles. The summed E-state index contributed by atoms with van der Waals surface area (Å²) in [6.07, 6.45) is 11.3. The van der Waals surface area contributed by atoms with Crippen LogP contribution in [0.4, 0.5) is 4.79 Å². The first kappa shape index (κ1) is 33.8. The van der Waals surface area contributed by atoms with E-state index in [0.29, 0.717) is 29.4 Å². The van der Waals surface area contributed by atoms with Gasteiger partial charge in [0.15, 0.2) is 0 Å². The van der Waals surface area contributed by atoms with Crippen molar-refractivity contribution in [3.63, 3.8) is 0 Å². The second-order valence-electron chi connectivity index (χ2n) is 13.2. The van der Waals surface area contributed by atoms with Gasteiger partial charge < -0.3 is 29.7 Å². The summed E-state index contributed by atoms with van der Waals surface area (Å²) in [6.45, 7) is 2.08. The number of allylic oxidation sites excluding steroid dienone is 1. The van der Waals surface area contributed by atoms with Crippen LogP contribution in [0.1, 0.15) is 82.3 Å². The smallest absolute Gasteiger partial charge is 0.408 e. The minimum atomic E-state index is -1.18. The number of ether oxygens (including phenoxy) is 3. The zero-order valence-electron chi connectivity index (χ0n) is 27.4. The van der Waals surface area contributed by atoms with Gasteiger partial charge in [0.1, 0.15) is 35.2 Å². The lowest BCUT2D eigenvalue weighted by atomic mass is 9.91. The van der Waals surface area contributed by atoms with Gasteiger partial charge in [0.2, 0.25) is 11.8 Å². The number of benzene rings is 2. The number of hydrogen-bond donors (Lipinski definition) is 2. The van der Waals surface area contributed by atoms with Gasteiger partial charge >= 0.3 is 12.1 Å². The lowest BCUT2D eigenvalue weighted by Gasteiger charge is -2.38. The summed E-state index contributed by atoms with van der Waals surface area (Å²) < 4.78 is 17.2. The number of rotatable bonds is 6. The Hall–Kier alpha value is -4.05. The molecular weight excluding hydrogens is 634 g/mol. The highest BCUT2D eigenvalue weighted by Crippen LogP contribution is 2.46. The van der Waals surface area contributed by atoms with Crippen molar-refractivity contribution in [3.8, 4) is 11.5 Å². The topological polar surface area (TPSA) is 123 Å². The highest BCUT2D eigenvalue weighted by Gasteiger charge is 2.62. The van der Waals surface area contributed by atoms with Gasteiger partial charge in [-0.25, -0.2) is 9.59 Å². The maximum Gasteiger partial charge on any atom is 0.408 e. The maximum atomic E-state index is 14.4. The summed E-state index contributed by atoms with van der Waals surface area (Å²) in [5, 5.41) is 6.42. The Kier molecular flexibility index (Phi) is 10.6. The molecule has 1 unspecified atom stereocenters. The van der Waals surface area contributed by atoms with Gasteiger partial charge in [-0.2, -0.15) is 0 Å². The van der Waals surface area contributed by atoms with Gasteiger partial charge in [-0.1, -0.05) is 48.7 Å². The number of amides is 3. The van der Waals surface area contributed by atoms with Crippen molar-refractivity contribution >= 4 is 35.5 Å². The number of nitrogens with zero attached hydrogens (tertiary/aromatic N) is 1. The fourth-order valence-corrected chi connectivity index (χ4v) is 7.29. The molecule has 11 heteroatoms. The third kappa shape index (κ3) is 7.80. The molecule has 0 saturated heterocycles. The van der Waals surface area contributed by atoms with E-state index < -0.39 is 35.6 Å². The molecule has 2 aliphatic heterocycles. The summed E-state index contributed by atoms with van der Waals surface area (Å²) >= 11 is 6.16. The molecule has 2 aromatic rings. The van der Waals surface area contributed by atoms with Crippen molar-refractivity contribution in [1.82, 2.24) is 15.5 Å². The van der Waals surface area contributed by atoms with Crippen LogP contribution < -0.4 is 15.4 Å². The van der Waals surface area contributed by atoms with E-state index in [2.05, 4.69) is 16.7 Å². The SMILES string of the molecule is CCOC(=O)[C@@]12C[C@H]1C=CCCCCC[C@H](NC(=O)OC1CCCC1)C(=O)N1Cc3ccc(Oc4cccc(Cl)c4)cc3CC1C(=O)N2. The molecule has 3 amide bonds. The minimum absolute atomic E-state index is 0.148. The van der Waals surface area contributed by atoms with Crippen LogP contribution in [0.2, 0.25) is 5.02 Å². The lowest BCUT2D eigenvalue weighted by Crippen LogP contribution is -2.60. The van der Waals surface area contributed by atoms with Crippen LogP contribution >= 0.6 is 11.6 Å². The third-order valence-electron chi connectivity index (χ3n) is 9.82. The fourth-order valence-electron chi connectivity index (χ4n) is 7.11. The van der Waals surface area contributed by atoms with Gasteiger partial charge in [0.25, 0.3) is 0 Å².